The van der Waals surface area contributed by atoms with Crippen molar-refractivity contribution in [2.24, 2.45) is 11.3 Å². The van der Waals surface area contributed by atoms with Crippen LogP contribution in [0.1, 0.15) is 52.9 Å². The quantitative estimate of drug-likeness (QED) is 0.624. The summed E-state index contributed by atoms with van der Waals surface area (Å²) < 4.78 is 0. The van der Waals surface area contributed by atoms with Crippen molar-refractivity contribution in [3.05, 3.63) is 0 Å². The number of amides is 2. The Morgan fingerprint density at radius 3 is 2.50 bits per heavy atom. The highest BCUT2D eigenvalue weighted by Crippen LogP contribution is 2.49. The minimum Gasteiger partial charge on any atom is -0.396 e. The van der Waals surface area contributed by atoms with Gasteiger partial charge in [-0.15, -0.1) is 0 Å². The van der Waals surface area contributed by atoms with Gasteiger partial charge in [-0.25, -0.2) is 4.79 Å². The summed E-state index contributed by atoms with van der Waals surface area (Å²) in [5.74, 6) is 0.690. The molecule has 0 radical (unpaired) electrons. The molecule has 0 aromatic rings. The summed E-state index contributed by atoms with van der Waals surface area (Å²) in [6.07, 6.45) is 5.14. The number of rotatable bonds is 8. The first-order chi connectivity index (χ1) is 8.51. The van der Waals surface area contributed by atoms with Crippen LogP contribution in [-0.4, -0.2) is 30.3 Å². The van der Waals surface area contributed by atoms with Gasteiger partial charge in [-0.2, -0.15) is 0 Å². The molecule has 1 saturated carbocycles. The minimum atomic E-state index is -0.0923. The lowest BCUT2D eigenvalue weighted by Gasteiger charge is -2.20. The summed E-state index contributed by atoms with van der Waals surface area (Å²) in [5, 5.41) is 14.8. The molecule has 0 aromatic carbocycles. The maximum Gasteiger partial charge on any atom is 0.315 e. The Morgan fingerprint density at radius 2 is 2.06 bits per heavy atom. The maximum atomic E-state index is 11.7. The van der Waals surface area contributed by atoms with E-state index in [0.29, 0.717) is 17.8 Å². The van der Waals surface area contributed by atoms with Crippen molar-refractivity contribution < 1.29 is 9.90 Å². The average molecular weight is 256 g/mol. The molecule has 0 saturated heterocycles. The Bertz CT molecular complexity index is 263. The lowest BCUT2D eigenvalue weighted by Crippen LogP contribution is -2.44. The number of nitrogens with one attached hydrogen (secondary N) is 2. The van der Waals surface area contributed by atoms with Crippen LogP contribution in [-0.2, 0) is 0 Å². The highest BCUT2D eigenvalue weighted by Gasteiger charge is 2.42. The summed E-state index contributed by atoms with van der Waals surface area (Å²) in [5.41, 5.74) is 0.365. The molecule has 2 amide bonds. The van der Waals surface area contributed by atoms with Crippen LogP contribution in [0, 0.1) is 11.3 Å². The third kappa shape index (κ3) is 5.25. The van der Waals surface area contributed by atoms with Crippen LogP contribution >= 0.6 is 0 Å². The first kappa shape index (κ1) is 15.3. The number of urea groups is 1. The molecule has 0 aliphatic heterocycles. The zero-order valence-corrected chi connectivity index (χ0v) is 12.0. The molecule has 1 unspecified atom stereocenters. The first-order valence-corrected chi connectivity index (χ1v) is 7.16. The van der Waals surface area contributed by atoms with E-state index in [9.17, 15) is 4.79 Å². The fraction of sp³-hybridized carbons (Fsp3) is 0.929. The Hall–Kier alpha value is -0.770. The van der Waals surface area contributed by atoms with Gasteiger partial charge in [0.2, 0.25) is 0 Å². The molecule has 106 valence electrons. The second kappa shape index (κ2) is 6.98. The number of hydrogen-bond donors (Lipinski definition) is 3. The molecular formula is C14H28N2O2. The molecule has 1 aliphatic rings. The highest BCUT2D eigenvalue weighted by atomic mass is 16.3. The summed E-state index contributed by atoms with van der Waals surface area (Å²) >= 11 is 0. The lowest BCUT2D eigenvalue weighted by atomic mass is 9.94. The number of hydrogen-bond acceptors (Lipinski definition) is 2. The van der Waals surface area contributed by atoms with Gasteiger partial charge in [-0.1, -0.05) is 20.8 Å². The molecule has 4 nitrogen and oxygen atoms in total. The van der Waals surface area contributed by atoms with Gasteiger partial charge in [0.25, 0.3) is 0 Å². The second-order valence-corrected chi connectivity index (χ2v) is 6.04. The van der Waals surface area contributed by atoms with Crippen molar-refractivity contribution in [2.45, 2.75) is 58.9 Å². The Morgan fingerprint density at radius 1 is 1.39 bits per heavy atom. The molecular weight excluding hydrogens is 228 g/mol. The largest absolute Gasteiger partial charge is 0.396 e. The normalized spacial score (nSPS) is 18.5. The van der Waals surface area contributed by atoms with Crippen molar-refractivity contribution >= 4 is 6.03 Å². The van der Waals surface area contributed by atoms with Crippen LogP contribution in [0.15, 0.2) is 0 Å². The van der Waals surface area contributed by atoms with E-state index < -0.39 is 0 Å². The summed E-state index contributed by atoms with van der Waals surface area (Å²) in [4.78, 5) is 11.7. The predicted octanol–water partition coefficient (Wildman–Crippen LogP) is 2.27. The second-order valence-electron chi connectivity index (χ2n) is 6.04. The van der Waals surface area contributed by atoms with Crippen molar-refractivity contribution in [1.29, 1.82) is 0 Å². The third-order valence-electron chi connectivity index (χ3n) is 3.73. The van der Waals surface area contributed by atoms with Gasteiger partial charge in [0.05, 0.1) is 0 Å². The topological polar surface area (TPSA) is 61.4 Å². The summed E-state index contributed by atoms with van der Waals surface area (Å²) in [7, 11) is 0. The van der Waals surface area contributed by atoms with E-state index in [1.165, 1.54) is 19.3 Å². The Labute approximate surface area is 111 Å². The third-order valence-corrected chi connectivity index (χ3v) is 3.73. The van der Waals surface area contributed by atoms with E-state index >= 15 is 0 Å². The zero-order valence-electron chi connectivity index (χ0n) is 12.0. The molecule has 0 aromatic heterocycles. The standard InChI is InChI=1S/C14H28N2O2/c1-4-12(5-8-17)16-13(18)15-10-14(6-7-14)9-11(2)3/h11-12,17H,4-10H2,1-3H3,(H2,15,16,18). The number of carbonyl (C=O) groups is 1. The molecule has 1 rings (SSSR count). The van der Waals surface area contributed by atoms with Crippen LogP contribution in [0.4, 0.5) is 4.79 Å². The van der Waals surface area contributed by atoms with Crippen LogP contribution < -0.4 is 10.6 Å². The van der Waals surface area contributed by atoms with Crippen molar-refractivity contribution in [3.63, 3.8) is 0 Å². The smallest absolute Gasteiger partial charge is 0.315 e. The fourth-order valence-corrected chi connectivity index (χ4v) is 2.53. The first-order valence-electron chi connectivity index (χ1n) is 7.16. The van der Waals surface area contributed by atoms with E-state index in [2.05, 4.69) is 24.5 Å². The molecule has 18 heavy (non-hydrogen) atoms. The van der Waals surface area contributed by atoms with Gasteiger partial charge in [0, 0.05) is 19.2 Å². The number of aliphatic hydroxyl groups excluding tert-OH is 1. The van der Waals surface area contributed by atoms with Crippen molar-refractivity contribution in [1.82, 2.24) is 10.6 Å². The van der Waals surface area contributed by atoms with Crippen LogP contribution in [0.2, 0.25) is 0 Å². The average Bonchev–Trinajstić information content (AvgIpc) is 3.05. The Balaban J connectivity index is 2.24. The van der Waals surface area contributed by atoms with Gasteiger partial charge in [-0.3, -0.25) is 0 Å². The van der Waals surface area contributed by atoms with Gasteiger partial charge in [0.1, 0.15) is 0 Å². The van der Waals surface area contributed by atoms with Gasteiger partial charge < -0.3 is 15.7 Å². The Kier molecular flexibility index (Phi) is 5.93. The van der Waals surface area contributed by atoms with Gasteiger partial charge in [0.15, 0.2) is 0 Å². The molecule has 3 N–H and O–H groups in total. The monoisotopic (exact) mass is 256 g/mol. The fourth-order valence-electron chi connectivity index (χ4n) is 2.53. The van der Waals surface area contributed by atoms with E-state index in [1.807, 2.05) is 6.92 Å². The lowest BCUT2D eigenvalue weighted by molar-refractivity contribution is 0.224. The van der Waals surface area contributed by atoms with E-state index in [0.717, 1.165) is 13.0 Å². The van der Waals surface area contributed by atoms with Crippen molar-refractivity contribution in [2.75, 3.05) is 13.2 Å². The zero-order chi connectivity index (χ0) is 13.6. The van der Waals surface area contributed by atoms with Crippen LogP contribution in [0.25, 0.3) is 0 Å². The molecule has 1 fully saturated rings. The van der Waals surface area contributed by atoms with Crippen LogP contribution in [0.3, 0.4) is 0 Å². The SMILES string of the molecule is CCC(CCO)NC(=O)NCC1(CC(C)C)CC1. The van der Waals surface area contributed by atoms with Crippen LogP contribution in [0.5, 0.6) is 0 Å². The van der Waals surface area contributed by atoms with E-state index in [-0.39, 0.29) is 18.7 Å². The summed E-state index contributed by atoms with van der Waals surface area (Å²) in [6.45, 7) is 7.38. The van der Waals surface area contributed by atoms with Gasteiger partial charge >= 0.3 is 6.03 Å². The minimum absolute atomic E-state index is 0.0789. The molecule has 0 bridgehead atoms. The predicted molar refractivity (Wildman–Crippen MR) is 73.4 cm³/mol. The molecule has 4 heteroatoms. The van der Waals surface area contributed by atoms with E-state index in [1.54, 1.807) is 0 Å². The number of aliphatic hydroxyl groups is 1. The highest BCUT2D eigenvalue weighted by molar-refractivity contribution is 5.74. The molecule has 1 atom stereocenters. The maximum absolute atomic E-state index is 11.7. The number of carbonyl (C=O) groups excluding carboxylic acids is 1. The molecule has 0 heterocycles. The molecule has 1 aliphatic carbocycles. The van der Waals surface area contributed by atoms with Gasteiger partial charge in [-0.05, 0) is 43.4 Å². The van der Waals surface area contributed by atoms with Crippen molar-refractivity contribution in [3.8, 4) is 0 Å². The summed E-state index contributed by atoms with van der Waals surface area (Å²) in [6, 6.07) is -0.0133. The molecule has 0 spiro atoms. The van der Waals surface area contributed by atoms with E-state index in [4.69, 9.17) is 5.11 Å².